The van der Waals surface area contributed by atoms with E-state index >= 15 is 0 Å². The van der Waals surface area contributed by atoms with Crippen molar-refractivity contribution in [1.29, 1.82) is 0 Å². The molecule has 8 heavy (non-hydrogen) atoms. The molecule has 0 saturated carbocycles. The molecule has 0 spiro atoms. The molecule has 0 unspecified atom stereocenters. The van der Waals surface area contributed by atoms with Crippen LogP contribution in [0.2, 0.25) is 0 Å². The van der Waals surface area contributed by atoms with Crippen molar-refractivity contribution < 1.29 is 13.2 Å². The van der Waals surface area contributed by atoms with E-state index in [9.17, 15) is 13.2 Å². The van der Waals surface area contributed by atoms with Gasteiger partial charge in [0.1, 0.15) is 0 Å². The van der Waals surface area contributed by atoms with Crippen LogP contribution in [0.15, 0.2) is 0 Å². The monoisotopic (exact) mass is 184 g/mol. The first-order valence-electron chi connectivity index (χ1n) is 1.42. The molecule has 0 aliphatic carbocycles. The first kappa shape index (κ1) is 8.72. The van der Waals surface area contributed by atoms with Gasteiger partial charge in [0.15, 0.2) is 0 Å². The number of hydrogen-bond donors (Lipinski definition) is 1. The average Bonchev–Trinajstić information content (AvgIpc) is 1.25. The quantitative estimate of drug-likeness (QED) is 0.471. The fourth-order valence-corrected chi connectivity index (χ4v) is 0. The Hall–Kier alpha value is 0.720. The van der Waals surface area contributed by atoms with Gasteiger partial charge in [0.05, 0.1) is 0 Å². The molecule has 0 aliphatic rings. The maximum atomic E-state index is 11.6. The minimum absolute atomic E-state index is 2.46. The van der Waals surface area contributed by atoms with Crippen LogP contribution < -0.4 is 0 Å². The minimum Gasteiger partial charge on any atom is -0.200 e. The minimum atomic E-state index is -4.00. The third-order valence-corrected chi connectivity index (χ3v) is 1.39. The Labute approximate surface area is 59.4 Å². The predicted octanol–water partition coefficient (Wildman–Crippen LogP) is 2.61. The fourth-order valence-electron chi connectivity index (χ4n) is 0. The van der Waals surface area contributed by atoms with Gasteiger partial charge in [-0.1, -0.05) is 35.8 Å². The average molecular weight is 185 g/mol. The zero-order valence-electron chi connectivity index (χ0n) is 3.34. The van der Waals surface area contributed by atoms with Crippen molar-refractivity contribution in [3.05, 3.63) is 0 Å². The number of hydrogen-bond acceptors (Lipinski definition) is 1. The molecule has 0 nitrogen and oxygen atoms in total. The predicted molar refractivity (Wildman–Crippen MR) is 29.5 cm³/mol. The van der Waals surface area contributed by atoms with Crippen LogP contribution in [0.5, 0.6) is 0 Å². The van der Waals surface area contributed by atoms with Gasteiger partial charge in [0.25, 0.3) is 0 Å². The first-order chi connectivity index (χ1) is 3.25. The number of rotatable bonds is 1. The van der Waals surface area contributed by atoms with Crippen molar-refractivity contribution in [3.63, 3.8) is 0 Å². The van der Waals surface area contributed by atoms with Gasteiger partial charge in [-0.05, 0) is 0 Å². The molecular formula is C2HCl2F3S. The van der Waals surface area contributed by atoms with Crippen LogP contribution in [0, 0.1) is 0 Å². The van der Waals surface area contributed by atoms with E-state index in [4.69, 9.17) is 0 Å². The van der Waals surface area contributed by atoms with E-state index in [1.165, 1.54) is 0 Å². The maximum absolute atomic E-state index is 11.6. The van der Waals surface area contributed by atoms with E-state index in [2.05, 4.69) is 35.8 Å². The van der Waals surface area contributed by atoms with Gasteiger partial charge in [-0.3, -0.25) is 0 Å². The maximum Gasteiger partial charge on any atom is 0.352 e. The lowest BCUT2D eigenvalue weighted by molar-refractivity contribution is 0.0348. The molecule has 0 atom stereocenters. The number of thiol groups is 1. The topological polar surface area (TPSA) is 0 Å². The van der Waals surface area contributed by atoms with Crippen molar-refractivity contribution in [2.24, 2.45) is 0 Å². The van der Waals surface area contributed by atoms with Gasteiger partial charge in [0.2, 0.25) is 0 Å². The second-order valence-electron chi connectivity index (χ2n) is 1.04. The summed E-state index contributed by atoms with van der Waals surface area (Å²) >= 11 is 11.0. The third kappa shape index (κ3) is 2.33. The van der Waals surface area contributed by atoms with E-state index in [-0.39, 0.29) is 0 Å². The Morgan fingerprint density at radius 3 is 1.25 bits per heavy atom. The van der Waals surface area contributed by atoms with E-state index in [0.717, 1.165) is 0 Å². The zero-order valence-corrected chi connectivity index (χ0v) is 5.74. The van der Waals surface area contributed by atoms with Gasteiger partial charge in [-0.15, -0.1) is 0 Å². The molecule has 0 bridgehead atoms. The molecule has 0 aromatic heterocycles. The highest BCUT2D eigenvalue weighted by Gasteiger charge is 2.49. The highest BCUT2D eigenvalue weighted by Crippen LogP contribution is 2.42. The molecule has 0 N–H and O–H groups in total. The van der Waals surface area contributed by atoms with Crippen LogP contribution in [0.4, 0.5) is 13.2 Å². The number of halogens is 5. The third-order valence-electron chi connectivity index (χ3n) is 0.341. The molecule has 0 rings (SSSR count). The van der Waals surface area contributed by atoms with Gasteiger partial charge in [-0.2, -0.15) is 13.2 Å². The molecule has 0 amide bonds. The lowest BCUT2D eigenvalue weighted by atomic mass is 10.8. The van der Waals surface area contributed by atoms with Crippen LogP contribution in [0.3, 0.4) is 0 Å². The molecule has 0 aliphatic heterocycles. The summed E-state index contributed by atoms with van der Waals surface area (Å²) in [4.78, 5) is 0. The molecule has 6 heteroatoms. The lowest BCUT2D eigenvalue weighted by Crippen LogP contribution is -2.27. The summed E-state index contributed by atoms with van der Waals surface area (Å²) in [6, 6.07) is 0. The summed E-state index contributed by atoms with van der Waals surface area (Å²) in [6.45, 7) is 0. The largest absolute Gasteiger partial charge is 0.352 e. The van der Waals surface area contributed by atoms with Crippen LogP contribution in [0.25, 0.3) is 0 Å². The van der Waals surface area contributed by atoms with Gasteiger partial charge in [0, 0.05) is 0 Å². The summed E-state index contributed by atoms with van der Waals surface area (Å²) in [6.07, 6.45) is 0. The molecule has 0 fully saturated rings. The standard InChI is InChI=1S/C2HCl2F3S/c3-1(4,5)2(6,7)8/h8H. The Morgan fingerprint density at radius 2 is 1.25 bits per heavy atom. The van der Waals surface area contributed by atoms with Crippen molar-refractivity contribution in [3.8, 4) is 0 Å². The van der Waals surface area contributed by atoms with Crippen molar-refractivity contribution in [1.82, 2.24) is 0 Å². The Balaban J connectivity index is 4.02. The molecule has 0 heterocycles. The highest BCUT2D eigenvalue weighted by atomic mass is 35.5. The molecule has 0 aromatic carbocycles. The molecule has 0 saturated heterocycles. The van der Waals surface area contributed by atoms with E-state index in [1.807, 2.05) is 0 Å². The van der Waals surface area contributed by atoms with E-state index in [1.54, 1.807) is 0 Å². The Bertz CT molecular complexity index is 70.3. The molecular weight excluding hydrogens is 184 g/mol. The summed E-state index contributed by atoms with van der Waals surface area (Å²) < 4.78 is 30.9. The van der Waals surface area contributed by atoms with Crippen molar-refractivity contribution in [2.45, 2.75) is 9.84 Å². The van der Waals surface area contributed by atoms with Gasteiger partial charge in [-0.25, -0.2) is 0 Å². The van der Waals surface area contributed by atoms with Crippen molar-refractivity contribution in [2.75, 3.05) is 0 Å². The van der Waals surface area contributed by atoms with Crippen LogP contribution in [-0.2, 0) is 0 Å². The second-order valence-corrected chi connectivity index (χ2v) is 2.84. The Morgan fingerprint density at radius 1 is 1.12 bits per heavy atom. The van der Waals surface area contributed by atoms with Crippen LogP contribution in [-0.4, -0.2) is 9.84 Å². The normalized spacial score (nSPS) is 14.2. The summed E-state index contributed by atoms with van der Waals surface area (Å²) in [5.74, 6) is 0. The molecule has 0 radical (unpaired) electrons. The Kier molecular flexibility index (Phi) is 2.35. The summed E-state index contributed by atoms with van der Waals surface area (Å²) in [5.41, 5.74) is 0. The van der Waals surface area contributed by atoms with E-state index in [0.29, 0.717) is 0 Å². The first-order valence-corrected chi connectivity index (χ1v) is 2.62. The van der Waals surface area contributed by atoms with Crippen molar-refractivity contribution >= 4 is 35.8 Å². The van der Waals surface area contributed by atoms with E-state index < -0.39 is 9.84 Å². The zero-order chi connectivity index (χ0) is 7.00. The lowest BCUT2D eigenvalue weighted by Gasteiger charge is -2.15. The molecule has 50 valence electrons. The highest BCUT2D eigenvalue weighted by molar-refractivity contribution is 7.81. The van der Waals surface area contributed by atoms with Gasteiger partial charge >= 0.3 is 9.84 Å². The number of alkyl halides is 5. The fraction of sp³-hybridized carbons (Fsp3) is 1.00. The van der Waals surface area contributed by atoms with Crippen LogP contribution >= 0.6 is 35.8 Å². The summed E-state index contributed by atoms with van der Waals surface area (Å²) in [5, 5.41) is -4.00. The SMILES string of the molecule is FC(F)(S)C(F)(Cl)Cl. The smallest absolute Gasteiger partial charge is 0.200 e. The second kappa shape index (κ2) is 2.15. The summed E-state index contributed by atoms with van der Waals surface area (Å²) in [7, 11) is 0. The van der Waals surface area contributed by atoms with Gasteiger partial charge < -0.3 is 0 Å². The molecule has 0 aromatic rings. The van der Waals surface area contributed by atoms with Crippen LogP contribution in [0.1, 0.15) is 0 Å².